The third kappa shape index (κ3) is 2.74. The molecular formula is C21H24N4O3. The van der Waals surface area contributed by atoms with E-state index in [1.807, 2.05) is 18.3 Å². The number of H-pyrrole nitrogens is 3. The molecule has 0 amide bonds. The Morgan fingerprint density at radius 3 is 3.04 bits per heavy atom. The van der Waals surface area contributed by atoms with Crippen molar-refractivity contribution in [1.82, 2.24) is 15.0 Å². The Hall–Kier alpha value is -2.93. The molecule has 1 aliphatic heterocycles. The van der Waals surface area contributed by atoms with Crippen molar-refractivity contribution in [2.24, 2.45) is 0 Å². The number of hydrogen-bond donors (Lipinski definition) is 5. The van der Waals surface area contributed by atoms with Crippen molar-refractivity contribution < 1.29 is 14.6 Å². The van der Waals surface area contributed by atoms with Gasteiger partial charge in [0, 0.05) is 40.5 Å². The van der Waals surface area contributed by atoms with Crippen LogP contribution in [0.25, 0.3) is 23.2 Å². The van der Waals surface area contributed by atoms with E-state index in [2.05, 4.69) is 37.2 Å². The van der Waals surface area contributed by atoms with E-state index in [0.717, 1.165) is 46.3 Å². The highest BCUT2D eigenvalue weighted by Crippen LogP contribution is 2.40. The van der Waals surface area contributed by atoms with Gasteiger partial charge in [0.15, 0.2) is 0 Å². The molecule has 2 aliphatic rings. The second kappa shape index (κ2) is 6.60. The number of methoxy groups -OCH3 is 1. The lowest BCUT2D eigenvalue weighted by Crippen LogP contribution is -2.34. The minimum absolute atomic E-state index is 0.201. The lowest BCUT2D eigenvalue weighted by Gasteiger charge is -2.17. The lowest BCUT2D eigenvalue weighted by atomic mass is 9.95. The summed E-state index contributed by atoms with van der Waals surface area (Å²) in [6, 6.07) is 4.27. The van der Waals surface area contributed by atoms with Crippen molar-refractivity contribution >= 4 is 34.8 Å². The number of anilines is 1. The molecule has 0 saturated carbocycles. The minimum atomic E-state index is -0.560. The normalized spacial score (nSPS) is 20.5. The Bertz CT molecular complexity index is 1150. The fourth-order valence-electron chi connectivity index (χ4n) is 4.41. The summed E-state index contributed by atoms with van der Waals surface area (Å²) < 4.78 is 4.65. The van der Waals surface area contributed by atoms with Gasteiger partial charge < -0.3 is 30.1 Å². The van der Waals surface area contributed by atoms with Crippen LogP contribution in [0.3, 0.4) is 0 Å². The van der Waals surface area contributed by atoms with Crippen LogP contribution in [0, 0.1) is 0 Å². The van der Waals surface area contributed by atoms with Crippen LogP contribution in [0.15, 0.2) is 18.3 Å². The highest BCUT2D eigenvalue weighted by atomic mass is 16.5. The quantitative estimate of drug-likeness (QED) is 0.332. The predicted octanol–water partition coefficient (Wildman–Crippen LogP) is 1.74. The number of nitrogens with one attached hydrogen (secondary N) is 4. The molecule has 7 nitrogen and oxygen atoms in total. The number of rotatable bonds is 6. The third-order valence-corrected chi connectivity index (χ3v) is 5.87. The Morgan fingerprint density at radius 1 is 1.29 bits per heavy atom. The summed E-state index contributed by atoms with van der Waals surface area (Å²) in [6.07, 6.45) is 8.43. The van der Waals surface area contributed by atoms with Gasteiger partial charge in [-0.1, -0.05) is 0 Å². The summed E-state index contributed by atoms with van der Waals surface area (Å²) in [5.74, 6) is 0.0125. The number of aromatic nitrogens is 3. The van der Waals surface area contributed by atoms with Crippen molar-refractivity contribution in [2.75, 3.05) is 12.4 Å². The van der Waals surface area contributed by atoms with Crippen LogP contribution < -0.4 is 15.9 Å². The molecule has 3 aromatic heterocycles. The topological polar surface area (TPSA) is 106 Å². The third-order valence-electron chi connectivity index (χ3n) is 5.87. The monoisotopic (exact) mass is 380 g/mol. The van der Waals surface area contributed by atoms with Gasteiger partial charge in [0.1, 0.15) is 0 Å². The van der Waals surface area contributed by atoms with Crippen LogP contribution in [0.2, 0.25) is 0 Å². The zero-order chi connectivity index (χ0) is 19.3. The molecule has 1 aliphatic carbocycles. The number of unbranched alkanes of at least 4 members (excludes halogenated alkanes) is 1. The smallest absolute Gasteiger partial charge is 0.305 e. The fourth-order valence-corrected chi connectivity index (χ4v) is 4.41. The van der Waals surface area contributed by atoms with Gasteiger partial charge in [-0.05, 0) is 43.5 Å². The molecule has 0 aromatic carbocycles. The van der Waals surface area contributed by atoms with Crippen LogP contribution in [-0.4, -0.2) is 39.2 Å². The fraction of sp³-hybridized carbons (Fsp3) is 0.381. The van der Waals surface area contributed by atoms with E-state index in [-0.39, 0.29) is 17.9 Å². The highest BCUT2D eigenvalue weighted by Gasteiger charge is 2.34. The first-order valence-corrected chi connectivity index (χ1v) is 9.77. The molecule has 7 heteroatoms. The first-order valence-electron chi connectivity index (χ1n) is 9.77. The number of hydrogen-bond acceptors (Lipinski definition) is 4. The summed E-state index contributed by atoms with van der Waals surface area (Å²) >= 11 is 0. The highest BCUT2D eigenvalue weighted by molar-refractivity contribution is 5.81. The zero-order valence-corrected chi connectivity index (χ0v) is 15.7. The number of fused-ring (bicyclic) bond motifs is 6. The molecule has 0 bridgehead atoms. The molecule has 0 fully saturated rings. The van der Waals surface area contributed by atoms with E-state index in [1.165, 1.54) is 12.3 Å². The molecule has 0 saturated heterocycles. The minimum Gasteiger partial charge on any atom is -0.469 e. The van der Waals surface area contributed by atoms with E-state index in [4.69, 9.17) is 0 Å². The molecule has 0 radical (unpaired) electrons. The Kier molecular flexibility index (Phi) is 4.05. The molecule has 5 N–H and O–H groups in total. The van der Waals surface area contributed by atoms with Crippen LogP contribution in [0.4, 0.5) is 5.69 Å². The zero-order valence-electron chi connectivity index (χ0n) is 15.7. The van der Waals surface area contributed by atoms with E-state index < -0.39 is 6.10 Å². The molecule has 3 aromatic rings. The van der Waals surface area contributed by atoms with Crippen molar-refractivity contribution in [2.45, 2.75) is 43.7 Å². The second-order valence-electron chi connectivity index (χ2n) is 7.64. The number of carbonyl (C=O) groups excluding carboxylic acids is 1. The number of aliphatic hydroxyl groups is 1. The number of aromatic amines is 3. The summed E-state index contributed by atoms with van der Waals surface area (Å²) in [5, 5.41) is 16.4. The van der Waals surface area contributed by atoms with Crippen molar-refractivity contribution in [3.05, 3.63) is 40.3 Å². The van der Waals surface area contributed by atoms with Gasteiger partial charge in [-0.3, -0.25) is 4.79 Å². The average molecular weight is 380 g/mol. The van der Waals surface area contributed by atoms with E-state index in [9.17, 15) is 9.90 Å². The predicted molar refractivity (Wildman–Crippen MR) is 107 cm³/mol. The Balaban J connectivity index is 1.32. The van der Waals surface area contributed by atoms with Gasteiger partial charge in [-0.15, -0.1) is 0 Å². The van der Waals surface area contributed by atoms with Crippen molar-refractivity contribution in [1.29, 1.82) is 0 Å². The van der Waals surface area contributed by atoms with Crippen LogP contribution >= 0.6 is 0 Å². The van der Waals surface area contributed by atoms with Crippen molar-refractivity contribution in [3.63, 3.8) is 0 Å². The first-order chi connectivity index (χ1) is 13.6. The van der Waals surface area contributed by atoms with E-state index >= 15 is 0 Å². The standard InChI is InChI=1S/C21H24N4O3/c1-28-19(27)5-3-2-4-18(26)16-10-17-21(25-16)12-9-14-11(8-15(12)24-17)20-13(23-14)6-7-22-20/h6-10,12,15,18,22-26H,2-5H2,1H3. The number of aliphatic hydroxyl groups excluding tert-OH is 1. The molecule has 3 unspecified atom stereocenters. The maximum Gasteiger partial charge on any atom is 0.305 e. The molecule has 0 spiro atoms. The van der Waals surface area contributed by atoms with Crippen LogP contribution in [0.5, 0.6) is 0 Å². The molecule has 28 heavy (non-hydrogen) atoms. The SMILES string of the molecule is COC(=O)CCCCC(O)c1cc2c([nH]1)C1C=c3[nH]c4cc[nH]c4c3=CC1N2. The van der Waals surface area contributed by atoms with Gasteiger partial charge >= 0.3 is 5.97 Å². The summed E-state index contributed by atoms with van der Waals surface area (Å²) in [5.41, 5.74) is 5.26. The molecule has 3 atom stereocenters. The lowest BCUT2D eigenvalue weighted by molar-refractivity contribution is -0.140. The second-order valence-corrected chi connectivity index (χ2v) is 7.64. The van der Waals surface area contributed by atoms with Crippen LogP contribution in [-0.2, 0) is 9.53 Å². The Morgan fingerprint density at radius 2 is 2.18 bits per heavy atom. The number of ether oxygens (including phenoxy) is 1. The largest absolute Gasteiger partial charge is 0.469 e. The molecule has 5 rings (SSSR count). The van der Waals surface area contributed by atoms with Gasteiger partial charge in [0.25, 0.3) is 0 Å². The van der Waals surface area contributed by atoms with Gasteiger partial charge in [-0.2, -0.15) is 0 Å². The Labute approximate surface area is 161 Å². The molecule has 4 heterocycles. The van der Waals surface area contributed by atoms with Gasteiger partial charge in [-0.25, -0.2) is 0 Å². The maximum absolute atomic E-state index is 11.2. The molecular weight excluding hydrogens is 356 g/mol. The number of esters is 1. The molecule has 146 valence electrons. The number of carbonyl (C=O) groups is 1. The first kappa shape index (κ1) is 17.2. The van der Waals surface area contributed by atoms with Gasteiger partial charge in [0.05, 0.1) is 36.0 Å². The summed E-state index contributed by atoms with van der Waals surface area (Å²) in [7, 11) is 1.40. The summed E-state index contributed by atoms with van der Waals surface area (Å²) in [6.45, 7) is 0. The van der Waals surface area contributed by atoms with Crippen molar-refractivity contribution in [3.8, 4) is 0 Å². The maximum atomic E-state index is 11.2. The van der Waals surface area contributed by atoms with E-state index in [0.29, 0.717) is 12.8 Å². The average Bonchev–Trinajstić information content (AvgIpc) is 3.42. The summed E-state index contributed by atoms with van der Waals surface area (Å²) in [4.78, 5) is 21.4. The van der Waals surface area contributed by atoms with Crippen LogP contribution in [0.1, 0.15) is 49.1 Å². The van der Waals surface area contributed by atoms with Gasteiger partial charge in [0.2, 0.25) is 0 Å². The van der Waals surface area contributed by atoms with E-state index in [1.54, 1.807) is 0 Å².